The van der Waals surface area contributed by atoms with E-state index in [2.05, 4.69) is 20.3 Å². The minimum absolute atomic E-state index is 0.249. The molecule has 0 saturated heterocycles. The molecule has 0 atom stereocenters. The summed E-state index contributed by atoms with van der Waals surface area (Å²) in [5.74, 6) is 1.34. The van der Waals surface area contributed by atoms with Crippen molar-refractivity contribution in [3.05, 3.63) is 35.6 Å². The molecule has 112 valence electrons. The van der Waals surface area contributed by atoms with Crippen LogP contribution in [0.5, 0.6) is 0 Å². The number of nitrogens with one attached hydrogen (secondary N) is 1. The van der Waals surface area contributed by atoms with Gasteiger partial charge in [-0.1, -0.05) is 12.1 Å². The van der Waals surface area contributed by atoms with Crippen LogP contribution in [0.2, 0.25) is 0 Å². The number of nitrogens with zero attached hydrogens (tertiary/aromatic N) is 5. The molecule has 0 amide bonds. The van der Waals surface area contributed by atoms with Gasteiger partial charge in [0, 0.05) is 34.7 Å². The fourth-order valence-corrected chi connectivity index (χ4v) is 1.82. The lowest BCUT2D eigenvalue weighted by atomic mass is 10.2. The van der Waals surface area contributed by atoms with Crippen molar-refractivity contribution in [1.82, 2.24) is 15.0 Å². The highest BCUT2D eigenvalue weighted by atomic mass is 19.1. The highest BCUT2D eigenvalue weighted by Crippen LogP contribution is 2.16. The van der Waals surface area contributed by atoms with Crippen LogP contribution in [0.4, 0.5) is 22.2 Å². The van der Waals surface area contributed by atoms with Crippen molar-refractivity contribution in [2.45, 2.75) is 6.54 Å². The number of benzene rings is 1. The lowest BCUT2D eigenvalue weighted by Crippen LogP contribution is -2.22. The Morgan fingerprint density at radius 2 is 1.81 bits per heavy atom. The molecule has 6 nitrogen and oxygen atoms in total. The largest absolute Gasteiger partial charge is 0.357 e. The molecule has 0 aliphatic rings. The number of halogens is 1. The topological polar surface area (TPSA) is 57.2 Å². The molecule has 0 aliphatic heterocycles. The van der Waals surface area contributed by atoms with Gasteiger partial charge in [0.15, 0.2) is 0 Å². The van der Waals surface area contributed by atoms with Crippen molar-refractivity contribution in [1.29, 1.82) is 0 Å². The Morgan fingerprint density at radius 1 is 1.10 bits per heavy atom. The van der Waals surface area contributed by atoms with E-state index in [0.717, 1.165) is 5.56 Å². The van der Waals surface area contributed by atoms with Gasteiger partial charge in [-0.25, -0.2) is 4.39 Å². The Kier molecular flexibility index (Phi) is 4.52. The quantitative estimate of drug-likeness (QED) is 0.905. The molecule has 1 aromatic carbocycles. The molecule has 0 fully saturated rings. The Morgan fingerprint density at radius 3 is 2.43 bits per heavy atom. The molecule has 1 heterocycles. The normalized spacial score (nSPS) is 10.3. The molecule has 21 heavy (non-hydrogen) atoms. The fraction of sp³-hybridized carbons (Fsp3) is 0.357. The van der Waals surface area contributed by atoms with Gasteiger partial charge >= 0.3 is 0 Å². The summed E-state index contributed by atoms with van der Waals surface area (Å²) in [6, 6.07) is 6.49. The van der Waals surface area contributed by atoms with Crippen LogP contribution in [0.15, 0.2) is 24.3 Å². The van der Waals surface area contributed by atoms with E-state index in [4.69, 9.17) is 0 Å². The van der Waals surface area contributed by atoms with E-state index in [1.165, 1.54) is 12.1 Å². The van der Waals surface area contributed by atoms with Crippen LogP contribution in [0.25, 0.3) is 0 Å². The molecule has 0 saturated carbocycles. The van der Waals surface area contributed by atoms with Gasteiger partial charge in [0.1, 0.15) is 5.82 Å². The second kappa shape index (κ2) is 6.34. The van der Waals surface area contributed by atoms with Crippen LogP contribution in [0.3, 0.4) is 0 Å². The molecule has 1 N–H and O–H groups in total. The summed E-state index contributed by atoms with van der Waals surface area (Å²) in [6.07, 6.45) is 0. The second-order valence-electron chi connectivity index (χ2n) is 4.89. The van der Waals surface area contributed by atoms with Crippen LogP contribution < -0.4 is 15.1 Å². The van der Waals surface area contributed by atoms with Crippen molar-refractivity contribution < 1.29 is 4.39 Å². The number of hydrogen-bond donors (Lipinski definition) is 1. The maximum Gasteiger partial charge on any atom is 0.232 e. The fourth-order valence-electron chi connectivity index (χ4n) is 1.82. The van der Waals surface area contributed by atoms with Gasteiger partial charge in [0.2, 0.25) is 17.8 Å². The van der Waals surface area contributed by atoms with Gasteiger partial charge in [-0.15, -0.1) is 0 Å². The third-order valence-electron chi connectivity index (χ3n) is 2.89. The van der Waals surface area contributed by atoms with Gasteiger partial charge in [0.25, 0.3) is 0 Å². The summed E-state index contributed by atoms with van der Waals surface area (Å²) >= 11 is 0. The van der Waals surface area contributed by atoms with Crippen LogP contribution in [-0.4, -0.2) is 43.1 Å². The predicted molar refractivity (Wildman–Crippen MR) is 82.2 cm³/mol. The summed E-state index contributed by atoms with van der Waals surface area (Å²) in [5, 5.41) is 2.91. The minimum Gasteiger partial charge on any atom is -0.357 e. The lowest BCUT2D eigenvalue weighted by molar-refractivity contribution is 0.625. The van der Waals surface area contributed by atoms with E-state index >= 15 is 0 Å². The number of hydrogen-bond acceptors (Lipinski definition) is 6. The van der Waals surface area contributed by atoms with E-state index in [1.54, 1.807) is 13.1 Å². The van der Waals surface area contributed by atoms with Crippen LogP contribution in [0, 0.1) is 5.82 Å². The zero-order valence-corrected chi connectivity index (χ0v) is 12.6. The molecule has 2 rings (SSSR count). The van der Waals surface area contributed by atoms with Crippen LogP contribution in [-0.2, 0) is 6.54 Å². The third kappa shape index (κ3) is 3.77. The first-order chi connectivity index (χ1) is 9.99. The van der Waals surface area contributed by atoms with Gasteiger partial charge in [-0.3, -0.25) is 0 Å². The Hall–Kier alpha value is -2.44. The summed E-state index contributed by atoms with van der Waals surface area (Å²) in [4.78, 5) is 16.6. The first-order valence-electron chi connectivity index (χ1n) is 6.56. The first kappa shape index (κ1) is 15.0. The summed E-state index contributed by atoms with van der Waals surface area (Å²) in [6.45, 7) is 0.512. The molecule has 0 unspecified atom stereocenters. The van der Waals surface area contributed by atoms with E-state index in [-0.39, 0.29) is 5.82 Å². The average Bonchev–Trinajstić information content (AvgIpc) is 2.46. The second-order valence-corrected chi connectivity index (χ2v) is 4.89. The van der Waals surface area contributed by atoms with Crippen molar-refractivity contribution in [2.24, 2.45) is 0 Å². The number of rotatable bonds is 5. The van der Waals surface area contributed by atoms with Gasteiger partial charge in [-0.2, -0.15) is 15.0 Å². The predicted octanol–water partition coefficient (Wildman–Crippen LogP) is 1.75. The Labute approximate surface area is 123 Å². The number of aromatic nitrogens is 3. The van der Waals surface area contributed by atoms with Crippen LogP contribution in [0.1, 0.15) is 5.56 Å². The maximum absolute atomic E-state index is 13.2. The lowest BCUT2D eigenvalue weighted by Gasteiger charge is -2.19. The maximum atomic E-state index is 13.2. The SMILES string of the molecule is CNc1nc(N(C)C)nc(N(C)Cc2cccc(F)c2)n1. The Bertz CT molecular complexity index is 616. The third-order valence-corrected chi connectivity index (χ3v) is 2.89. The van der Waals surface area contributed by atoms with E-state index < -0.39 is 0 Å². The zero-order valence-electron chi connectivity index (χ0n) is 12.6. The minimum atomic E-state index is -0.249. The summed E-state index contributed by atoms with van der Waals surface area (Å²) in [5.41, 5.74) is 0.857. The Balaban J connectivity index is 2.25. The summed E-state index contributed by atoms with van der Waals surface area (Å²) < 4.78 is 13.2. The van der Waals surface area contributed by atoms with Crippen molar-refractivity contribution in [3.8, 4) is 0 Å². The van der Waals surface area contributed by atoms with Gasteiger partial charge in [-0.05, 0) is 17.7 Å². The molecule has 0 aliphatic carbocycles. The molecule has 0 spiro atoms. The zero-order chi connectivity index (χ0) is 15.4. The molecule has 0 radical (unpaired) electrons. The number of anilines is 3. The average molecular weight is 290 g/mol. The highest BCUT2D eigenvalue weighted by molar-refractivity contribution is 5.44. The van der Waals surface area contributed by atoms with Crippen molar-refractivity contribution in [3.63, 3.8) is 0 Å². The van der Waals surface area contributed by atoms with E-state index in [0.29, 0.717) is 24.4 Å². The summed E-state index contributed by atoms with van der Waals surface area (Å²) in [7, 11) is 7.35. The van der Waals surface area contributed by atoms with E-state index in [1.807, 2.05) is 37.0 Å². The van der Waals surface area contributed by atoms with Crippen LogP contribution >= 0.6 is 0 Å². The monoisotopic (exact) mass is 290 g/mol. The van der Waals surface area contributed by atoms with Crippen molar-refractivity contribution in [2.75, 3.05) is 43.3 Å². The molecule has 0 bridgehead atoms. The van der Waals surface area contributed by atoms with E-state index in [9.17, 15) is 4.39 Å². The smallest absolute Gasteiger partial charge is 0.232 e. The molecule has 1 aromatic heterocycles. The van der Waals surface area contributed by atoms with Gasteiger partial charge < -0.3 is 15.1 Å². The highest BCUT2D eigenvalue weighted by Gasteiger charge is 2.11. The van der Waals surface area contributed by atoms with Gasteiger partial charge in [0.05, 0.1) is 0 Å². The van der Waals surface area contributed by atoms with Crippen molar-refractivity contribution >= 4 is 17.8 Å². The molecular formula is C14H19FN6. The molecule has 7 heteroatoms. The first-order valence-corrected chi connectivity index (χ1v) is 6.56. The molecular weight excluding hydrogens is 271 g/mol. The standard InChI is InChI=1S/C14H19FN6/c1-16-12-17-13(20(2)3)19-14(18-12)21(4)9-10-6-5-7-11(15)8-10/h5-8H,9H2,1-4H3,(H,16,17,18,19). The molecule has 2 aromatic rings.